The van der Waals surface area contributed by atoms with Gasteiger partial charge in [-0.15, -0.1) is 0 Å². The second kappa shape index (κ2) is 5.20. The van der Waals surface area contributed by atoms with E-state index < -0.39 is 0 Å². The minimum atomic E-state index is -0.0654. The SMILES string of the molecule is CCNCC(=O)N(C)OC. The van der Waals surface area contributed by atoms with Gasteiger partial charge in [-0.1, -0.05) is 6.92 Å². The monoisotopic (exact) mass is 146 g/mol. The molecule has 0 aliphatic heterocycles. The van der Waals surface area contributed by atoms with Crippen molar-refractivity contribution in [3.63, 3.8) is 0 Å². The van der Waals surface area contributed by atoms with E-state index in [4.69, 9.17) is 0 Å². The predicted octanol–water partition coefficient (Wildman–Crippen LogP) is -0.384. The number of nitrogens with one attached hydrogen (secondary N) is 1. The second-order valence-corrected chi connectivity index (χ2v) is 1.85. The first-order valence-electron chi connectivity index (χ1n) is 3.23. The number of hydrogen-bond donors (Lipinski definition) is 1. The molecule has 0 bridgehead atoms. The molecule has 0 aromatic carbocycles. The standard InChI is InChI=1S/C6H14N2O2/c1-4-7-5-6(9)8(2)10-3/h7H,4-5H2,1-3H3. The Bertz CT molecular complexity index is 106. The summed E-state index contributed by atoms with van der Waals surface area (Å²) in [5.74, 6) is -0.0654. The minimum absolute atomic E-state index is 0.0654. The minimum Gasteiger partial charge on any atom is -0.309 e. The van der Waals surface area contributed by atoms with E-state index in [9.17, 15) is 4.79 Å². The molecule has 0 saturated carbocycles. The van der Waals surface area contributed by atoms with E-state index >= 15 is 0 Å². The Morgan fingerprint density at radius 2 is 2.30 bits per heavy atom. The highest BCUT2D eigenvalue weighted by Gasteiger charge is 2.04. The van der Waals surface area contributed by atoms with Gasteiger partial charge < -0.3 is 5.32 Å². The lowest BCUT2D eigenvalue weighted by atomic mass is 10.5. The van der Waals surface area contributed by atoms with Gasteiger partial charge in [0.1, 0.15) is 0 Å². The molecular weight excluding hydrogens is 132 g/mol. The largest absolute Gasteiger partial charge is 0.309 e. The molecule has 0 heterocycles. The number of amides is 1. The zero-order valence-electron chi connectivity index (χ0n) is 6.68. The van der Waals surface area contributed by atoms with Crippen molar-refractivity contribution in [2.24, 2.45) is 0 Å². The molecule has 0 aromatic heterocycles. The summed E-state index contributed by atoms with van der Waals surface area (Å²) in [6, 6.07) is 0. The first kappa shape index (κ1) is 9.39. The van der Waals surface area contributed by atoms with E-state index in [-0.39, 0.29) is 5.91 Å². The summed E-state index contributed by atoms with van der Waals surface area (Å²) in [4.78, 5) is 15.5. The number of nitrogens with zero attached hydrogens (tertiary/aromatic N) is 1. The Balaban J connectivity index is 3.42. The van der Waals surface area contributed by atoms with Crippen LogP contribution in [-0.4, -0.2) is 38.2 Å². The van der Waals surface area contributed by atoms with Crippen LogP contribution >= 0.6 is 0 Å². The van der Waals surface area contributed by atoms with Crippen LogP contribution < -0.4 is 5.32 Å². The molecule has 0 spiro atoms. The van der Waals surface area contributed by atoms with E-state index in [2.05, 4.69) is 10.2 Å². The fourth-order valence-electron chi connectivity index (χ4n) is 0.445. The predicted molar refractivity (Wildman–Crippen MR) is 38.3 cm³/mol. The van der Waals surface area contributed by atoms with E-state index in [0.717, 1.165) is 6.54 Å². The fourth-order valence-corrected chi connectivity index (χ4v) is 0.445. The van der Waals surface area contributed by atoms with Crippen LogP contribution in [0.25, 0.3) is 0 Å². The summed E-state index contributed by atoms with van der Waals surface area (Å²) in [5, 5.41) is 4.09. The zero-order valence-corrected chi connectivity index (χ0v) is 6.68. The lowest BCUT2D eigenvalue weighted by Gasteiger charge is -2.12. The quantitative estimate of drug-likeness (QED) is 0.549. The lowest BCUT2D eigenvalue weighted by molar-refractivity contribution is -0.167. The van der Waals surface area contributed by atoms with Crippen LogP contribution in [0, 0.1) is 0 Å². The molecule has 1 N–H and O–H groups in total. The first-order chi connectivity index (χ1) is 4.72. The summed E-state index contributed by atoms with van der Waals surface area (Å²) in [5.41, 5.74) is 0. The highest BCUT2D eigenvalue weighted by molar-refractivity contribution is 5.76. The van der Waals surface area contributed by atoms with Crippen molar-refractivity contribution in [2.45, 2.75) is 6.92 Å². The Labute approximate surface area is 61.1 Å². The van der Waals surface area contributed by atoms with Crippen LogP contribution in [0.5, 0.6) is 0 Å². The van der Waals surface area contributed by atoms with E-state index in [1.807, 2.05) is 6.92 Å². The fraction of sp³-hybridized carbons (Fsp3) is 0.833. The highest BCUT2D eigenvalue weighted by Crippen LogP contribution is 1.80. The summed E-state index contributed by atoms with van der Waals surface area (Å²) in [7, 11) is 3.05. The summed E-state index contributed by atoms with van der Waals surface area (Å²) < 4.78 is 0. The molecule has 0 atom stereocenters. The summed E-state index contributed by atoms with van der Waals surface area (Å²) >= 11 is 0. The molecule has 10 heavy (non-hydrogen) atoms. The topological polar surface area (TPSA) is 41.6 Å². The average Bonchev–Trinajstić information content (AvgIpc) is 1.98. The van der Waals surface area contributed by atoms with Crippen molar-refractivity contribution >= 4 is 5.91 Å². The van der Waals surface area contributed by atoms with Crippen molar-refractivity contribution < 1.29 is 9.63 Å². The van der Waals surface area contributed by atoms with Gasteiger partial charge in [0.15, 0.2) is 0 Å². The second-order valence-electron chi connectivity index (χ2n) is 1.85. The van der Waals surface area contributed by atoms with E-state index in [1.165, 1.54) is 12.2 Å². The molecule has 0 aliphatic carbocycles. The van der Waals surface area contributed by atoms with Crippen LogP contribution in [0.4, 0.5) is 0 Å². The molecule has 0 fully saturated rings. The van der Waals surface area contributed by atoms with E-state index in [1.54, 1.807) is 7.05 Å². The Kier molecular flexibility index (Phi) is 4.88. The summed E-state index contributed by atoms with van der Waals surface area (Å²) in [6.45, 7) is 3.07. The molecule has 0 radical (unpaired) electrons. The number of hydrogen-bond acceptors (Lipinski definition) is 3. The Morgan fingerprint density at radius 1 is 1.70 bits per heavy atom. The van der Waals surface area contributed by atoms with Crippen LogP contribution in [-0.2, 0) is 9.63 Å². The van der Waals surface area contributed by atoms with Gasteiger partial charge in [0.2, 0.25) is 0 Å². The van der Waals surface area contributed by atoms with Crippen LogP contribution in [0.15, 0.2) is 0 Å². The molecule has 0 aromatic rings. The molecule has 0 saturated heterocycles. The number of likely N-dealkylation sites (N-methyl/N-ethyl adjacent to an activating group) is 2. The third-order valence-corrected chi connectivity index (χ3v) is 1.15. The Hall–Kier alpha value is -0.610. The number of carbonyl (C=O) groups excluding carboxylic acids is 1. The Morgan fingerprint density at radius 3 is 2.70 bits per heavy atom. The van der Waals surface area contributed by atoms with Crippen LogP contribution in [0.3, 0.4) is 0 Å². The number of hydroxylamine groups is 2. The summed E-state index contributed by atoms with van der Waals surface area (Å²) in [6.07, 6.45) is 0. The van der Waals surface area contributed by atoms with Gasteiger partial charge in [-0.3, -0.25) is 9.63 Å². The van der Waals surface area contributed by atoms with Gasteiger partial charge in [-0.25, -0.2) is 5.06 Å². The zero-order chi connectivity index (χ0) is 7.98. The van der Waals surface area contributed by atoms with Crippen LogP contribution in [0.1, 0.15) is 6.92 Å². The highest BCUT2D eigenvalue weighted by atomic mass is 16.7. The number of carbonyl (C=O) groups is 1. The third kappa shape index (κ3) is 3.42. The smallest absolute Gasteiger partial charge is 0.259 e. The third-order valence-electron chi connectivity index (χ3n) is 1.15. The van der Waals surface area contributed by atoms with E-state index in [0.29, 0.717) is 6.54 Å². The van der Waals surface area contributed by atoms with Gasteiger partial charge in [-0.05, 0) is 6.54 Å². The lowest BCUT2D eigenvalue weighted by Crippen LogP contribution is -2.34. The van der Waals surface area contributed by atoms with Crippen molar-refractivity contribution in [1.82, 2.24) is 10.4 Å². The molecule has 0 unspecified atom stereocenters. The van der Waals surface area contributed by atoms with Gasteiger partial charge >= 0.3 is 0 Å². The molecular formula is C6H14N2O2. The molecule has 4 heteroatoms. The average molecular weight is 146 g/mol. The first-order valence-corrected chi connectivity index (χ1v) is 3.23. The van der Waals surface area contributed by atoms with Gasteiger partial charge in [0, 0.05) is 7.05 Å². The van der Waals surface area contributed by atoms with Gasteiger partial charge in [-0.2, -0.15) is 0 Å². The maximum absolute atomic E-state index is 10.9. The molecule has 1 amide bonds. The molecule has 0 rings (SSSR count). The maximum Gasteiger partial charge on any atom is 0.259 e. The van der Waals surface area contributed by atoms with Crippen molar-refractivity contribution in [2.75, 3.05) is 27.2 Å². The van der Waals surface area contributed by atoms with Gasteiger partial charge in [0.05, 0.1) is 13.7 Å². The van der Waals surface area contributed by atoms with Crippen molar-refractivity contribution in [3.05, 3.63) is 0 Å². The van der Waals surface area contributed by atoms with Crippen molar-refractivity contribution in [3.8, 4) is 0 Å². The molecule has 0 aliphatic rings. The molecule has 60 valence electrons. The molecule has 4 nitrogen and oxygen atoms in total. The van der Waals surface area contributed by atoms with Crippen LogP contribution in [0.2, 0.25) is 0 Å². The maximum atomic E-state index is 10.9. The number of rotatable bonds is 4. The normalized spacial score (nSPS) is 9.50. The van der Waals surface area contributed by atoms with Gasteiger partial charge in [0.25, 0.3) is 5.91 Å². The van der Waals surface area contributed by atoms with Crippen molar-refractivity contribution in [1.29, 1.82) is 0 Å².